The average molecular weight is 213 g/mol. The van der Waals surface area contributed by atoms with Crippen molar-refractivity contribution in [1.29, 1.82) is 0 Å². The molecular weight excluding hydrogens is 186 g/mol. The van der Waals surface area contributed by atoms with Crippen molar-refractivity contribution in [1.82, 2.24) is 4.90 Å². The van der Waals surface area contributed by atoms with Gasteiger partial charge in [0, 0.05) is 5.54 Å². The van der Waals surface area contributed by atoms with Crippen molar-refractivity contribution in [2.45, 2.75) is 58.1 Å². The smallest absolute Gasteiger partial charge is 0.0746 e. The normalized spacial score (nSPS) is 34.8. The fourth-order valence-electron chi connectivity index (χ4n) is 3.12. The summed E-state index contributed by atoms with van der Waals surface area (Å²) in [4.78, 5) is 2.26. The zero-order valence-electron chi connectivity index (χ0n) is 11.0. The van der Waals surface area contributed by atoms with Crippen molar-refractivity contribution >= 4 is 0 Å². The molecule has 0 saturated heterocycles. The molecular formula is C13H27NO. The van der Waals surface area contributed by atoms with Crippen LogP contribution in [0, 0.1) is 11.8 Å². The van der Waals surface area contributed by atoms with E-state index in [0.717, 1.165) is 18.8 Å². The Morgan fingerprint density at radius 3 is 2.33 bits per heavy atom. The van der Waals surface area contributed by atoms with Crippen LogP contribution in [0.2, 0.25) is 0 Å². The van der Waals surface area contributed by atoms with Gasteiger partial charge in [0.15, 0.2) is 0 Å². The van der Waals surface area contributed by atoms with Gasteiger partial charge in [-0.05, 0) is 38.8 Å². The second-order valence-corrected chi connectivity index (χ2v) is 5.89. The lowest BCUT2D eigenvalue weighted by Crippen LogP contribution is -2.57. The fourth-order valence-corrected chi connectivity index (χ4v) is 3.12. The lowest BCUT2D eigenvalue weighted by Gasteiger charge is -2.49. The molecule has 0 heterocycles. The molecule has 2 heteroatoms. The molecule has 3 unspecified atom stereocenters. The van der Waals surface area contributed by atoms with E-state index in [0.29, 0.717) is 5.92 Å². The molecule has 0 aromatic carbocycles. The van der Waals surface area contributed by atoms with Crippen LogP contribution in [-0.4, -0.2) is 35.7 Å². The van der Waals surface area contributed by atoms with Crippen LogP contribution < -0.4 is 0 Å². The van der Waals surface area contributed by atoms with Gasteiger partial charge in [-0.15, -0.1) is 0 Å². The van der Waals surface area contributed by atoms with Gasteiger partial charge in [-0.3, -0.25) is 0 Å². The number of rotatable bonds is 3. The molecule has 0 aliphatic heterocycles. The minimum atomic E-state index is -0.199. The van der Waals surface area contributed by atoms with Gasteiger partial charge >= 0.3 is 0 Å². The van der Waals surface area contributed by atoms with E-state index in [2.05, 4.69) is 39.8 Å². The molecule has 1 aliphatic carbocycles. The zero-order valence-corrected chi connectivity index (χ0v) is 11.0. The van der Waals surface area contributed by atoms with Gasteiger partial charge in [0.1, 0.15) is 0 Å². The Morgan fingerprint density at radius 1 is 1.33 bits per heavy atom. The maximum Gasteiger partial charge on any atom is 0.0746 e. The summed E-state index contributed by atoms with van der Waals surface area (Å²) in [7, 11) is 4.23. The van der Waals surface area contributed by atoms with Crippen molar-refractivity contribution in [3.63, 3.8) is 0 Å². The van der Waals surface area contributed by atoms with Crippen LogP contribution in [0.25, 0.3) is 0 Å². The van der Waals surface area contributed by atoms with E-state index in [9.17, 15) is 5.11 Å². The third kappa shape index (κ3) is 2.54. The first kappa shape index (κ1) is 13.0. The number of aliphatic hydroxyl groups excluding tert-OH is 1. The number of aliphatic hydroxyl groups is 1. The Morgan fingerprint density at radius 2 is 1.93 bits per heavy atom. The summed E-state index contributed by atoms with van der Waals surface area (Å²) in [6.07, 6.45) is 4.65. The Bertz CT molecular complexity index is 203. The molecule has 0 spiro atoms. The van der Waals surface area contributed by atoms with Crippen LogP contribution in [0.4, 0.5) is 0 Å². The summed E-state index contributed by atoms with van der Waals surface area (Å²) < 4.78 is 0. The number of hydrogen-bond acceptors (Lipinski definition) is 2. The Kier molecular flexibility index (Phi) is 4.19. The average Bonchev–Trinajstić information content (AvgIpc) is 2.16. The molecule has 0 radical (unpaired) electrons. The molecule has 90 valence electrons. The molecule has 0 aromatic heterocycles. The highest BCUT2D eigenvalue weighted by Gasteiger charge is 2.43. The van der Waals surface area contributed by atoms with Gasteiger partial charge in [-0.25, -0.2) is 0 Å². The summed E-state index contributed by atoms with van der Waals surface area (Å²) in [6, 6.07) is 0. The minimum absolute atomic E-state index is 0.0197. The van der Waals surface area contributed by atoms with Gasteiger partial charge in [-0.2, -0.15) is 0 Å². The van der Waals surface area contributed by atoms with Gasteiger partial charge in [0.2, 0.25) is 0 Å². The van der Waals surface area contributed by atoms with E-state index in [1.807, 2.05) is 0 Å². The maximum absolute atomic E-state index is 10.4. The maximum atomic E-state index is 10.4. The van der Waals surface area contributed by atoms with Crippen LogP contribution in [-0.2, 0) is 0 Å². The van der Waals surface area contributed by atoms with E-state index < -0.39 is 0 Å². The third-order valence-electron chi connectivity index (χ3n) is 4.08. The number of nitrogens with zero attached hydrogens (tertiary/aromatic N) is 1. The van der Waals surface area contributed by atoms with Gasteiger partial charge in [0.25, 0.3) is 0 Å². The van der Waals surface area contributed by atoms with Crippen molar-refractivity contribution in [3.8, 4) is 0 Å². The van der Waals surface area contributed by atoms with E-state index in [-0.39, 0.29) is 11.6 Å². The SMILES string of the molecule is CC1CCCC(C(O)C(C)C)(N(C)C)C1. The molecule has 1 N–H and O–H groups in total. The second-order valence-electron chi connectivity index (χ2n) is 5.89. The van der Waals surface area contributed by atoms with Crippen molar-refractivity contribution < 1.29 is 5.11 Å². The molecule has 1 rings (SSSR count). The largest absolute Gasteiger partial charge is 0.391 e. The molecule has 0 bridgehead atoms. The van der Waals surface area contributed by atoms with Crippen LogP contribution in [0.5, 0.6) is 0 Å². The summed E-state index contributed by atoms with van der Waals surface area (Å²) in [5, 5.41) is 10.4. The van der Waals surface area contributed by atoms with Crippen molar-refractivity contribution in [2.75, 3.05) is 14.1 Å². The Balaban J connectivity index is 2.87. The first-order valence-corrected chi connectivity index (χ1v) is 6.25. The fraction of sp³-hybridized carbons (Fsp3) is 1.00. The number of likely N-dealkylation sites (N-methyl/N-ethyl adjacent to an activating group) is 1. The lowest BCUT2D eigenvalue weighted by atomic mass is 9.70. The van der Waals surface area contributed by atoms with E-state index >= 15 is 0 Å². The molecule has 0 amide bonds. The molecule has 1 aliphatic rings. The summed E-state index contributed by atoms with van der Waals surface area (Å²) >= 11 is 0. The van der Waals surface area contributed by atoms with Gasteiger partial charge in [-0.1, -0.05) is 33.6 Å². The highest BCUT2D eigenvalue weighted by Crippen LogP contribution is 2.40. The van der Waals surface area contributed by atoms with Crippen LogP contribution >= 0.6 is 0 Å². The summed E-state index contributed by atoms with van der Waals surface area (Å²) in [6.45, 7) is 6.55. The molecule has 1 fully saturated rings. The molecule has 0 aromatic rings. The first-order chi connectivity index (χ1) is 6.90. The predicted molar refractivity (Wildman–Crippen MR) is 64.9 cm³/mol. The molecule has 1 saturated carbocycles. The van der Waals surface area contributed by atoms with Crippen LogP contribution in [0.1, 0.15) is 46.5 Å². The number of hydrogen-bond donors (Lipinski definition) is 1. The third-order valence-corrected chi connectivity index (χ3v) is 4.08. The molecule has 3 atom stereocenters. The summed E-state index contributed by atoms with van der Waals surface area (Å²) in [5.41, 5.74) is 0.0197. The Hall–Kier alpha value is -0.0800. The zero-order chi connectivity index (χ0) is 11.6. The van der Waals surface area contributed by atoms with Gasteiger partial charge < -0.3 is 10.0 Å². The second kappa shape index (κ2) is 4.84. The topological polar surface area (TPSA) is 23.5 Å². The van der Waals surface area contributed by atoms with E-state index in [1.54, 1.807) is 0 Å². The highest BCUT2D eigenvalue weighted by molar-refractivity contribution is 4.99. The monoisotopic (exact) mass is 213 g/mol. The Labute approximate surface area is 94.7 Å². The van der Waals surface area contributed by atoms with Gasteiger partial charge in [0.05, 0.1) is 6.10 Å². The minimum Gasteiger partial charge on any atom is -0.391 e. The van der Waals surface area contributed by atoms with E-state index in [1.165, 1.54) is 12.8 Å². The van der Waals surface area contributed by atoms with Crippen molar-refractivity contribution in [3.05, 3.63) is 0 Å². The highest BCUT2D eigenvalue weighted by atomic mass is 16.3. The first-order valence-electron chi connectivity index (χ1n) is 6.25. The van der Waals surface area contributed by atoms with Crippen LogP contribution in [0.3, 0.4) is 0 Å². The predicted octanol–water partition coefficient (Wildman–Crippen LogP) is 2.51. The van der Waals surface area contributed by atoms with Crippen molar-refractivity contribution in [2.24, 2.45) is 11.8 Å². The van der Waals surface area contributed by atoms with Crippen LogP contribution in [0.15, 0.2) is 0 Å². The standard InChI is InChI=1S/C13H27NO/c1-10(2)12(15)13(14(4)5)8-6-7-11(3)9-13/h10-12,15H,6-9H2,1-5H3. The lowest BCUT2D eigenvalue weighted by molar-refractivity contribution is -0.0645. The molecule has 15 heavy (non-hydrogen) atoms. The quantitative estimate of drug-likeness (QED) is 0.778. The van der Waals surface area contributed by atoms with E-state index in [4.69, 9.17) is 0 Å². The summed E-state index contributed by atoms with van der Waals surface area (Å²) in [5.74, 6) is 1.09. The molecule has 2 nitrogen and oxygen atoms in total.